The van der Waals surface area contributed by atoms with Crippen molar-refractivity contribution in [3.05, 3.63) is 48.8 Å². The Bertz CT molecular complexity index is 699. The van der Waals surface area contributed by atoms with E-state index < -0.39 is 10.0 Å². The van der Waals surface area contributed by atoms with Gasteiger partial charge in [-0.1, -0.05) is 6.07 Å². The van der Waals surface area contributed by atoms with Gasteiger partial charge in [0.25, 0.3) is 15.9 Å². The third-order valence-electron chi connectivity index (χ3n) is 2.61. The van der Waals surface area contributed by atoms with E-state index in [1.165, 1.54) is 31.6 Å². The minimum absolute atomic E-state index is 0. The SMILES string of the molecule is CNC(=O)COc1cccc(S(=O)(=O)n2cccc2)c1.[HH]. The fourth-order valence-corrected chi connectivity index (χ4v) is 2.77. The van der Waals surface area contributed by atoms with Crippen molar-refractivity contribution >= 4 is 15.9 Å². The Morgan fingerprint density at radius 1 is 1.30 bits per heavy atom. The van der Waals surface area contributed by atoms with Gasteiger partial charge in [0.15, 0.2) is 6.61 Å². The molecule has 0 aliphatic heterocycles. The maximum atomic E-state index is 12.3. The highest BCUT2D eigenvalue weighted by Crippen LogP contribution is 2.19. The Hall–Kier alpha value is -2.28. The van der Waals surface area contributed by atoms with Gasteiger partial charge in [-0.25, -0.2) is 12.4 Å². The fourth-order valence-electron chi connectivity index (χ4n) is 1.55. The predicted octanol–water partition coefficient (Wildman–Crippen LogP) is 1.10. The van der Waals surface area contributed by atoms with Crippen LogP contribution in [0, 0.1) is 0 Å². The number of carbonyl (C=O) groups excluding carboxylic acids is 1. The zero-order valence-electron chi connectivity index (χ0n) is 10.8. The van der Waals surface area contributed by atoms with Crippen LogP contribution in [-0.4, -0.2) is 32.0 Å². The molecule has 1 heterocycles. The van der Waals surface area contributed by atoms with Crippen LogP contribution in [0.4, 0.5) is 0 Å². The van der Waals surface area contributed by atoms with Gasteiger partial charge in [0.1, 0.15) is 5.75 Å². The molecule has 6 nitrogen and oxygen atoms in total. The van der Waals surface area contributed by atoms with E-state index in [0.29, 0.717) is 5.75 Å². The van der Waals surface area contributed by atoms with E-state index in [0.717, 1.165) is 3.97 Å². The number of benzene rings is 1. The molecule has 1 aromatic heterocycles. The van der Waals surface area contributed by atoms with E-state index in [1.807, 2.05) is 0 Å². The lowest BCUT2D eigenvalue weighted by atomic mass is 10.3. The average Bonchev–Trinajstić information content (AvgIpc) is 3.00. The molecule has 0 aliphatic carbocycles. The first-order chi connectivity index (χ1) is 9.54. The Labute approximate surface area is 118 Å². The maximum absolute atomic E-state index is 12.3. The molecule has 0 fully saturated rings. The van der Waals surface area contributed by atoms with Gasteiger partial charge in [0.05, 0.1) is 4.90 Å². The maximum Gasteiger partial charge on any atom is 0.267 e. The lowest BCUT2D eigenvalue weighted by molar-refractivity contribution is -0.122. The van der Waals surface area contributed by atoms with Crippen LogP contribution in [0.25, 0.3) is 0 Å². The van der Waals surface area contributed by atoms with E-state index in [9.17, 15) is 13.2 Å². The molecule has 20 heavy (non-hydrogen) atoms. The number of hydrogen-bond acceptors (Lipinski definition) is 4. The molecule has 1 amide bonds. The molecule has 0 spiro atoms. The first-order valence-electron chi connectivity index (χ1n) is 5.86. The molecule has 0 unspecified atom stereocenters. The standard InChI is InChI=1S/C13H14N2O4S.H2/c1-14-13(16)10-19-11-5-4-6-12(9-11)20(17,18)15-7-2-3-8-15;/h2-9H,10H2,1H3,(H,14,16);1H. The third-order valence-corrected chi connectivity index (χ3v) is 4.25. The van der Waals surface area contributed by atoms with Gasteiger partial charge in [-0.15, -0.1) is 0 Å². The van der Waals surface area contributed by atoms with E-state index in [1.54, 1.807) is 24.3 Å². The largest absolute Gasteiger partial charge is 0.484 e. The number of ether oxygens (including phenoxy) is 1. The molecule has 7 heteroatoms. The summed E-state index contributed by atoms with van der Waals surface area (Å²) in [6.07, 6.45) is 2.90. The van der Waals surface area contributed by atoms with Gasteiger partial charge in [-0.2, -0.15) is 0 Å². The van der Waals surface area contributed by atoms with Crippen LogP contribution in [0.3, 0.4) is 0 Å². The smallest absolute Gasteiger partial charge is 0.267 e. The Morgan fingerprint density at radius 3 is 2.65 bits per heavy atom. The number of hydrogen-bond donors (Lipinski definition) is 1. The van der Waals surface area contributed by atoms with Gasteiger partial charge in [0.2, 0.25) is 0 Å². The van der Waals surface area contributed by atoms with Crippen molar-refractivity contribution in [2.75, 3.05) is 13.7 Å². The number of aromatic nitrogens is 1. The van der Waals surface area contributed by atoms with E-state index in [4.69, 9.17) is 4.74 Å². The lowest BCUT2D eigenvalue weighted by Gasteiger charge is -2.09. The summed E-state index contributed by atoms with van der Waals surface area (Å²) < 4.78 is 30.9. The number of carbonyl (C=O) groups is 1. The zero-order valence-corrected chi connectivity index (χ0v) is 11.6. The molecule has 0 atom stereocenters. The lowest BCUT2D eigenvalue weighted by Crippen LogP contribution is -2.24. The van der Waals surface area contributed by atoms with Crippen molar-refractivity contribution in [1.29, 1.82) is 0 Å². The van der Waals surface area contributed by atoms with Crippen LogP contribution < -0.4 is 10.1 Å². The summed E-state index contributed by atoms with van der Waals surface area (Å²) in [5.41, 5.74) is 0. The van der Waals surface area contributed by atoms with Gasteiger partial charge in [0, 0.05) is 26.9 Å². The van der Waals surface area contributed by atoms with Crippen LogP contribution in [0.2, 0.25) is 0 Å². The van der Waals surface area contributed by atoms with Crippen molar-refractivity contribution in [2.24, 2.45) is 0 Å². The molecule has 0 radical (unpaired) electrons. The van der Waals surface area contributed by atoms with E-state index >= 15 is 0 Å². The van der Waals surface area contributed by atoms with E-state index in [2.05, 4.69) is 5.32 Å². The molecular weight excluding hydrogens is 280 g/mol. The summed E-state index contributed by atoms with van der Waals surface area (Å²) in [5.74, 6) is 0.0329. The van der Waals surface area contributed by atoms with Crippen LogP contribution in [0.5, 0.6) is 5.75 Å². The normalized spacial score (nSPS) is 11.1. The summed E-state index contributed by atoms with van der Waals surface area (Å²) in [5, 5.41) is 2.42. The molecule has 0 saturated heterocycles. The first kappa shape index (κ1) is 14.1. The van der Waals surface area contributed by atoms with Gasteiger partial charge in [-0.3, -0.25) is 4.79 Å². The van der Waals surface area contributed by atoms with Gasteiger partial charge >= 0.3 is 0 Å². The molecule has 0 aliphatic rings. The monoisotopic (exact) mass is 296 g/mol. The van der Waals surface area contributed by atoms with Crippen LogP contribution in [0.15, 0.2) is 53.7 Å². The van der Waals surface area contributed by atoms with Crippen LogP contribution in [-0.2, 0) is 14.8 Å². The van der Waals surface area contributed by atoms with Gasteiger partial charge in [-0.05, 0) is 24.3 Å². The molecule has 2 aromatic rings. The summed E-state index contributed by atoms with van der Waals surface area (Å²) in [6.45, 7) is -0.163. The molecule has 1 aromatic carbocycles. The Morgan fingerprint density at radius 2 is 2.00 bits per heavy atom. The minimum atomic E-state index is -3.63. The zero-order chi connectivity index (χ0) is 14.6. The minimum Gasteiger partial charge on any atom is -0.484 e. The summed E-state index contributed by atoms with van der Waals surface area (Å²) in [4.78, 5) is 11.2. The highest BCUT2D eigenvalue weighted by Gasteiger charge is 2.16. The topological polar surface area (TPSA) is 77.4 Å². The second-order valence-electron chi connectivity index (χ2n) is 3.95. The van der Waals surface area contributed by atoms with Gasteiger partial charge < -0.3 is 10.1 Å². The van der Waals surface area contributed by atoms with E-state index in [-0.39, 0.29) is 18.8 Å². The summed E-state index contributed by atoms with van der Waals surface area (Å²) in [7, 11) is -2.13. The highest BCUT2D eigenvalue weighted by molar-refractivity contribution is 7.90. The molecule has 1 N–H and O–H groups in total. The number of likely N-dealkylation sites (N-methyl/N-ethyl adjacent to an activating group) is 1. The summed E-state index contributed by atoms with van der Waals surface area (Å²) in [6, 6.07) is 9.28. The summed E-state index contributed by atoms with van der Waals surface area (Å²) >= 11 is 0. The number of nitrogens with zero attached hydrogens (tertiary/aromatic N) is 1. The Kier molecular flexibility index (Phi) is 4.09. The number of rotatable bonds is 5. The third kappa shape index (κ3) is 3.00. The quantitative estimate of drug-likeness (QED) is 0.896. The molecule has 108 valence electrons. The van der Waals surface area contributed by atoms with Crippen LogP contribution >= 0.6 is 0 Å². The van der Waals surface area contributed by atoms with Crippen molar-refractivity contribution in [3.8, 4) is 5.75 Å². The Balaban J connectivity index is 0.00000220. The highest BCUT2D eigenvalue weighted by atomic mass is 32.2. The molecule has 0 saturated carbocycles. The van der Waals surface area contributed by atoms with Crippen molar-refractivity contribution in [1.82, 2.24) is 9.29 Å². The van der Waals surface area contributed by atoms with Crippen molar-refractivity contribution in [3.63, 3.8) is 0 Å². The second-order valence-corrected chi connectivity index (χ2v) is 5.80. The molecular formula is C13H16N2O4S. The number of amides is 1. The fraction of sp³-hybridized carbons (Fsp3) is 0.154. The second kappa shape index (κ2) is 5.79. The number of nitrogens with one attached hydrogen (secondary N) is 1. The molecule has 2 rings (SSSR count). The van der Waals surface area contributed by atoms with Crippen molar-refractivity contribution in [2.45, 2.75) is 4.90 Å². The van der Waals surface area contributed by atoms with Crippen molar-refractivity contribution < 1.29 is 19.4 Å². The predicted molar refractivity (Wildman–Crippen MR) is 75.1 cm³/mol. The first-order valence-corrected chi connectivity index (χ1v) is 7.30. The average molecular weight is 296 g/mol. The van der Waals surface area contributed by atoms with Crippen LogP contribution in [0.1, 0.15) is 1.43 Å². The molecule has 0 bridgehead atoms.